The van der Waals surface area contributed by atoms with E-state index >= 15 is 0 Å². The van der Waals surface area contributed by atoms with Gasteiger partial charge in [0.05, 0.1) is 17.2 Å². The van der Waals surface area contributed by atoms with Crippen LogP contribution in [0.2, 0.25) is 0 Å². The summed E-state index contributed by atoms with van der Waals surface area (Å²) in [5.41, 5.74) is -1.70. The molecule has 1 fully saturated rings. The van der Waals surface area contributed by atoms with Gasteiger partial charge in [0.25, 0.3) is 5.91 Å². The van der Waals surface area contributed by atoms with E-state index in [1.165, 1.54) is 37.4 Å². The number of ether oxygens (including phenoxy) is 1. The van der Waals surface area contributed by atoms with Crippen LogP contribution in [-0.2, 0) is 6.18 Å². The summed E-state index contributed by atoms with van der Waals surface area (Å²) >= 11 is 0. The molecule has 0 spiro atoms. The Hall–Kier alpha value is -3.26. The van der Waals surface area contributed by atoms with Crippen LogP contribution in [0.25, 0.3) is 0 Å². The molecule has 0 aliphatic carbocycles. The molecule has 2 aromatic rings. The Morgan fingerprint density at radius 1 is 1.15 bits per heavy atom. The van der Waals surface area contributed by atoms with Crippen molar-refractivity contribution in [2.45, 2.75) is 36.8 Å². The van der Waals surface area contributed by atoms with Crippen LogP contribution in [-0.4, -0.2) is 37.8 Å². The average Bonchev–Trinajstić information content (AvgIpc) is 3.21. The molecule has 11 heteroatoms. The van der Waals surface area contributed by atoms with Gasteiger partial charge in [0.2, 0.25) is 0 Å². The molecule has 0 bridgehead atoms. The van der Waals surface area contributed by atoms with Gasteiger partial charge in [-0.3, -0.25) is 10.1 Å². The number of carbonyl (C=O) groups excluding carboxylic acids is 1. The molecule has 3 rings (SSSR count). The molecule has 5 nitrogen and oxygen atoms in total. The number of rotatable bonds is 5. The number of nitrogens with one attached hydrogen (secondary N) is 2. The van der Waals surface area contributed by atoms with Crippen LogP contribution in [0.1, 0.15) is 39.4 Å². The van der Waals surface area contributed by atoms with E-state index in [9.17, 15) is 31.1 Å². The van der Waals surface area contributed by atoms with Crippen molar-refractivity contribution in [1.82, 2.24) is 10.6 Å². The number of nitrogens with zero attached hydrogens (tertiary/aromatic N) is 1. The summed E-state index contributed by atoms with van der Waals surface area (Å²) in [7, 11) is 1.47. The van der Waals surface area contributed by atoms with Crippen molar-refractivity contribution < 1.29 is 35.9 Å². The molecule has 1 aliphatic rings. The molecule has 0 radical (unpaired) electrons. The van der Waals surface area contributed by atoms with Crippen molar-refractivity contribution in [2.24, 2.45) is 0 Å². The second-order valence-corrected chi connectivity index (χ2v) is 7.55. The van der Waals surface area contributed by atoms with Crippen molar-refractivity contribution in [2.75, 3.05) is 13.7 Å². The molecule has 1 aliphatic heterocycles. The predicted molar refractivity (Wildman–Crippen MR) is 106 cm³/mol. The Morgan fingerprint density at radius 3 is 2.36 bits per heavy atom. The van der Waals surface area contributed by atoms with Crippen molar-refractivity contribution in [3.63, 3.8) is 0 Å². The van der Waals surface area contributed by atoms with Gasteiger partial charge in [-0.15, -0.1) is 0 Å². The Labute approximate surface area is 185 Å². The second-order valence-electron chi connectivity index (χ2n) is 7.55. The van der Waals surface area contributed by atoms with E-state index in [0.29, 0.717) is 17.4 Å². The highest BCUT2D eigenvalue weighted by molar-refractivity contribution is 5.94. The van der Waals surface area contributed by atoms with E-state index in [2.05, 4.69) is 10.6 Å². The fourth-order valence-electron chi connectivity index (χ4n) is 3.82. The lowest BCUT2D eigenvalue weighted by Crippen LogP contribution is -2.44. The van der Waals surface area contributed by atoms with Crippen LogP contribution < -0.4 is 15.4 Å². The molecule has 2 aromatic carbocycles. The summed E-state index contributed by atoms with van der Waals surface area (Å²) < 4.78 is 86.3. The third-order valence-corrected chi connectivity index (χ3v) is 5.40. The maximum atomic E-state index is 13.7. The molecule has 3 atom stereocenters. The van der Waals surface area contributed by atoms with E-state index in [1.54, 1.807) is 0 Å². The molecule has 0 saturated carbocycles. The van der Waals surface area contributed by atoms with E-state index in [1.807, 2.05) is 0 Å². The fraction of sp³-hybridized carbons (Fsp3) is 0.364. The number of halogens is 6. The van der Waals surface area contributed by atoms with Gasteiger partial charge in [0.1, 0.15) is 18.4 Å². The third-order valence-electron chi connectivity index (χ3n) is 5.40. The number of nitriles is 1. The zero-order valence-electron chi connectivity index (χ0n) is 17.2. The first-order valence-electron chi connectivity index (χ1n) is 9.83. The average molecular weight is 471 g/mol. The topological polar surface area (TPSA) is 74.1 Å². The number of alkyl halides is 6. The first-order chi connectivity index (χ1) is 15.4. The SMILES string of the molecule is CNC(=O)c1ccc(OC[C@@H]2CC(c3ccc(C#N)c(C(F)(F)F)c3)[C@H](C(F)(F)F)N2)cc1. The highest BCUT2D eigenvalue weighted by Crippen LogP contribution is 2.42. The van der Waals surface area contributed by atoms with E-state index in [0.717, 1.165) is 12.1 Å². The summed E-state index contributed by atoms with van der Waals surface area (Å²) in [5.74, 6) is -1.27. The van der Waals surface area contributed by atoms with Gasteiger partial charge in [0.15, 0.2) is 0 Å². The Kier molecular flexibility index (Phi) is 6.88. The van der Waals surface area contributed by atoms with E-state index < -0.39 is 41.5 Å². The summed E-state index contributed by atoms with van der Waals surface area (Å²) in [6, 6.07) is 7.17. The molecule has 1 heterocycles. The molecule has 33 heavy (non-hydrogen) atoms. The minimum atomic E-state index is -4.87. The number of amides is 1. The lowest BCUT2D eigenvalue weighted by molar-refractivity contribution is -0.156. The highest BCUT2D eigenvalue weighted by atomic mass is 19.4. The van der Waals surface area contributed by atoms with Crippen LogP contribution >= 0.6 is 0 Å². The lowest BCUT2D eigenvalue weighted by atomic mass is 9.88. The number of benzene rings is 2. The molecule has 1 amide bonds. The number of hydrogen-bond acceptors (Lipinski definition) is 4. The van der Waals surface area contributed by atoms with Gasteiger partial charge in [-0.1, -0.05) is 6.07 Å². The molecular weight excluding hydrogens is 452 g/mol. The molecule has 2 N–H and O–H groups in total. The molecule has 0 aromatic heterocycles. The second kappa shape index (κ2) is 9.31. The van der Waals surface area contributed by atoms with E-state index in [4.69, 9.17) is 10.00 Å². The number of hydrogen-bond donors (Lipinski definition) is 2. The van der Waals surface area contributed by atoms with Crippen molar-refractivity contribution >= 4 is 5.91 Å². The maximum Gasteiger partial charge on any atom is 0.417 e. The first kappa shape index (κ1) is 24.4. The quantitative estimate of drug-likeness (QED) is 0.635. The largest absolute Gasteiger partial charge is 0.492 e. The van der Waals surface area contributed by atoms with Gasteiger partial charge < -0.3 is 10.1 Å². The Morgan fingerprint density at radius 2 is 1.82 bits per heavy atom. The van der Waals surface area contributed by atoms with Crippen LogP contribution in [0, 0.1) is 11.3 Å². The van der Waals surface area contributed by atoms with Crippen LogP contribution in [0.5, 0.6) is 5.75 Å². The molecule has 176 valence electrons. The van der Waals surface area contributed by atoms with Crippen molar-refractivity contribution in [3.05, 3.63) is 64.7 Å². The summed E-state index contributed by atoms with van der Waals surface area (Å²) in [4.78, 5) is 11.6. The Balaban J connectivity index is 1.78. The van der Waals surface area contributed by atoms with Crippen molar-refractivity contribution in [1.29, 1.82) is 5.26 Å². The first-order valence-corrected chi connectivity index (χ1v) is 9.83. The minimum absolute atomic E-state index is 0.121. The van der Waals surface area contributed by atoms with Crippen LogP contribution in [0.3, 0.4) is 0 Å². The molecule has 1 unspecified atom stereocenters. The standard InChI is InChI=1S/C22H19F6N3O2/c1-30-20(32)12-4-6-16(7-5-12)33-11-15-9-17(19(31-15)22(26,27)28)13-2-3-14(10-29)18(8-13)21(23,24)25/h2-8,15,17,19,31H,9,11H2,1H3,(H,30,32)/t15-,17?,19+/m0/s1. The maximum absolute atomic E-state index is 13.7. The van der Waals surface area contributed by atoms with Crippen molar-refractivity contribution in [3.8, 4) is 11.8 Å². The minimum Gasteiger partial charge on any atom is -0.492 e. The zero-order valence-corrected chi connectivity index (χ0v) is 17.2. The molecular formula is C22H19F6N3O2. The smallest absolute Gasteiger partial charge is 0.417 e. The summed E-state index contributed by atoms with van der Waals surface area (Å²) in [6.45, 7) is -0.162. The Bertz CT molecular complexity index is 1040. The number of carbonyl (C=O) groups is 1. The summed E-state index contributed by atoms with van der Waals surface area (Å²) in [6.07, 6.45) is -9.70. The zero-order chi connectivity index (χ0) is 24.4. The summed E-state index contributed by atoms with van der Waals surface area (Å²) in [5, 5.41) is 13.8. The van der Waals surface area contributed by atoms with Gasteiger partial charge in [-0.05, 0) is 48.4 Å². The van der Waals surface area contributed by atoms with Crippen LogP contribution in [0.4, 0.5) is 26.3 Å². The highest BCUT2D eigenvalue weighted by Gasteiger charge is 2.51. The van der Waals surface area contributed by atoms with Gasteiger partial charge in [0, 0.05) is 24.6 Å². The van der Waals surface area contributed by atoms with Gasteiger partial charge in [-0.2, -0.15) is 31.6 Å². The molecule has 1 saturated heterocycles. The van der Waals surface area contributed by atoms with Gasteiger partial charge in [-0.25, -0.2) is 0 Å². The predicted octanol–water partition coefficient (Wildman–Crippen LogP) is 4.39. The monoisotopic (exact) mass is 471 g/mol. The van der Waals surface area contributed by atoms with E-state index in [-0.39, 0.29) is 24.5 Å². The van der Waals surface area contributed by atoms with Crippen LogP contribution in [0.15, 0.2) is 42.5 Å². The third kappa shape index (κ3) is 5.57. The normalized spacial score (nSPS) is 20.8. The fourth-order valence-corrected chi connectivity index (χ4v) is 3.82. The van der Waals surface area contributed by atoms with Gasteiger partial charge >= 0.3 is 12.4 Å². The lowest BCUT2D eigenvalue weighted by Gasteiger charge is -2.23.